The SMILES string of the molecule is CC(C)(C)NC(=O)[C@@H](c1ccc(O)cc1)N(C(=O)Cn1nnc(-c2cccs2)n1)C1CCCC1. The summed E-state index contributed by atoms with van der Waals surface area (Å²) in [6, 6.07) is 9.36. The molecule has 34 heavy (non-hydrogen) atoms. The highest BCUT2D eigenvalue weighted by Crippen LogP contribution is 2.33. The van der Waals surface area contributed by atoms with Gasteiger partial charge in [0.2, 0.25) is 17.6 Å². The molecule has 4 rings (SSSR count). The van der Waals surface area contributed by atoms with Crippen LogP contribution in [0.2, 0.25) is 0 Å². The molecule has 10 heteroatoms. The number of phenolic OH excluding ortho intramolecular Hbond substituents is 1. The van der Waals surface area contributed by atoms with Crippen molar-refractivity contribution in [2.24, 2.45) is 0 Å². The van der Waals surface area contributed by atoms with Gasteiger partial charge < -0.3 is 15.3 Å². The van der Waals surface area contributed by atoms with Crippen LogP contribution in [0.25, 0.3) is 10.7 Å². The van der Waals surface area contributed by atoms with Gasteiger partial charge in [-0.25, -0.2) is 0 Å². The van der Waals surface area contributed by atoms with Crippen molar-refractivity contribution in [2.45, 2.75) is 70.6 Å². The van der Waals surface area contributed by atoms with Gasteiger partial charge in [-0.2, -0.15) is 4.80 Å². The van der Waals surface area contributed by atoms with Crippen molar-refractivity contribution >= 4 is 23.2 Å². The molecule has 1 aliphatic rings. The smallest absolute Gasteiger partial charge is 0.247 e. The van der Waals surface area contributed by atoms with Crippen molar-refractivity contribution < 1.29 is 14.7 Å². The van der Waals surface area contributed by atoms with E-state index in [9.17, 15) is 14.7 Å². The standard InChI is InChI=1S/C24H30N6O3S/c1-24(2,3)25-23(33)21(16-10-12-18(31)13-11-16)30(17-7-4-5-8-17)20(32)15-29-27-22(26-28-29)19-9-6-14-34-19/h6,9-14,17,21,31H,4-5,7-8,15H2,1-3H3,(H,25,33)/t21-/m1/s1. The number of rotatable bonds is 7. The van der Waals surface area contributed by atoms with Gasteiger partial charge in [0, 0.05) is 11.6 Å². The Labute approximate surface area is 202 Å². The van der Waals surface area contributed by atoms with Crippen molar-refractivity contribution in [2.75, 3.05) is 0 Å². The number of aromatic hydroxyl groups is 1. The maximum Gasteiger partial charge on any atom is 0.247 e. The molecule has 0 spiro atoms. The highest BCUT2D eigenvalue weighted by Gasteiger charge is 2.38. The fourth-order valence-electron chi connectivity index (χ4n) is 4.29. The number of carbonyl (C=O) groups is 2. The summed E-state index contributed by atoms with van der Waals surface area (Å²) in [6.07, 6.45) is 3.66. The molecule has 0 radical (unpaired) electrons. The van der Waals surface area contributed by atoms with Crippen LogP contribution < -0.4 is 5.32 Å². The fourth-order valence-corrected chi connectivity index (χ4v) is 4.94. The Morgan fingerprint density at radius 1 is 1.21 bits per heavy atom. The first-order valence-corrected chi connectivity index (χ1v) is 12.3. The molecule has 0 saturated heterocycles. The van der Waals surface area contributed by atoms with Crippen molar-refractivity contribution in [3.8, 4) is 16.5 Å². The third-order valence-corrected chi connectivity index (χ3v) is 6.58. The molecule has 2 N–H and O–H groups in total. The second kappa shape index (κ2) is 9.92. The molecule has 0 bridgehead atoms. The summed E-state index contributed by atoms with van der Waals surface area (Å²) in [5.74, 6) is 0.0644. The van der Waals surface area contributed by atoms with Gasteiger partial charge in [0.15, 0.2) is 0 Å². The van der Waals surface area contributed by atoms with Crippen LogP contribution in [-0.4, -0.2) is 53.6 Å². The first kappa shape index (κ1) is 23.9. The summed E-state index contributed by atoms with van der Waals surface area (Å²) in [5, 5.41) is 27.3. The molecule has 3 aromatic rings. The van der Waals surface area contributed by atoms with E-state index in [0.29, 0.717) is 11.4 Å². The van der Waals surface area contributed by atoms with E-state index >= 15 is 0 Å². The molecular formula is C24H30N6O3S. The Bertz CT molecular complexity index is 1110. The van der Waals surface area contributed by atoms with E-state index in [1.807, 2.05) is 38.3 Å². The lowest BCUT2D eigenvalue weighted by Gasteiger charge is -2.37. The van der Waals surface area contributed by atoms with E-state index in [1.165, 1.54) is 28.3 Å². The minimum Gasteiger partial charge on any atom is -0.508 e. The summed E-state index contributed by atoms with van der Waals surface area (Å²) in [7, 11) is 0. The van der Waals surface area contributed by atoms with Crippen molar-refractivity contribution in [1.29, 1.82) is 0 Å². The number of nitrogens with zero attached hydrogens (tertiary/aromatic N) is 5. The lowest BCUT2D eigenvalue weighted by atomic mass is 9.99. The van der Waals surface area contributed by atoms with Crippen LogP contribution >= 0.6 is 11.3 Å². The first-order chi connectivity index (χ1) is 16.2. The van der Waals surface area contributed by atoms with Crippen LogP contribution in [-0.2, 0) is 16.1 Å². The van der Waals surface area contributed by atoms with Gasteiger partial charge in [0.25, 0.3) is 0 Å². The topological polar surface area (TPSA) is 113 Å². The molecule has 2 amide bonds. The van der Waals surface area contributed by atoms with Crippen LogP contribution in [0.1, 0.15) is 58.1 Å². The maximum absolute atomic E-state index is 13.7. The minimum atomic E-state index is -0.837. The molecule has 9 nitrogen and oxygen atoms in total. The number of aromatic nitrogens is 4. The van der Waals surface area contributed by atoms with Gasteiger partial charge in [0.1, 0.15) is 18.3 Å². The molecule has 2 heterocycles. The average Bonchev–Trinajstić information content (AvgIpc) is 3.53. The third-order valence-electron chi connectivity index (χ3n) is 5.71. The third kappa shape index (κ3) is 5.61. The summed E-state index contributed by atoms with van der Waals surface area (Å²) < 4.78 is 0. The lowest BCUT2D eigenvalue weighted by molar-refractivity contribution is -0.145. The number of thiophene rings is 1. The van der Waals surface area contributed by atoms with Crippen LogP contribution in [0.5, 0.6) is 5.75 Å². The minimum absolute atomic E-state index is 0.0719. The van der Waals surface area contributed by atoms with Gasteiger partial charge in [0.05, 0.1) is 4.88 Å². The first-order valence-electron chi connectivity index (χ1n) is 11.4. The zero-order valence-corrected chi connectivity index (χ0v) is 20.5. The molecule has 1 saturated carbocycles. The molecule has 0 unspecified atom stereocenters. The van der Waals surface area contributed by atoms with Gasteiger partial charge >= 0.3 is 0 Å². The molecule has 1 aliphatic carbocycles. The zero-order chi connectivity index (χ0) is 24.3. The largest absolute Gasteiger partial charge is 0.508 e. The van der Waals surface area contributed by atoms with E-state index in [0.717, 1.165) is 30.6 Å². The number of tetrazole rings is 1. The van der Waals surface area contributed by atoms with Crippen molar-refractivity contribution in [3.05, 3.63) is 47.3 Å². The van der Waals surface area contributed by atoms with E-state index in [4.69, 9.17) is 0 Å². The molecule has 1 fully saturated rings. The predicted molar refractivity (Wildman–Crippen MR) is 129 cm³/mol. The molecule has 1 aromatic carbocycles. The molecule has 0 aliphatic heterocycles. The number of phenols is 1. The quantitative estimate of drug-likeness (QED) is 0.533. The number of amides is 2. The summed E-state index contributed by atoms with van der Waals surface area (Å²) in [5.41, 5.74) is 0.172. The average molecular weight is 483 g/mol. The van der Waals surface area contributed by atoms with E-state index < -0.39 is 11.6 Å². The molecular weight excluding hydrogens is 452 g/mol. The lowest BCUT2D eigenvalue weighted by Crippen LogP contribution is -2.52. The second-order valence-electron chi connectivity index (χ2n) is 9.59. The van der Waals surface area contributed by atoms with Crippen LogP contribution in [0.15, 0.2) is 41.8 Å². The van der Waals surface area contributed by atoms with Crippen LogP contribution in [0, 0.1) is 0 Å². The van der Waals surface area contributed by atoms with E-state index in [2.05, 4.69) is 20.7 Å². The van der Waals surface area contributed by atoms with E-state index in [1.54, 1.807) is 17.0 Å². The molecule has 1 atom stereocenters. The highest BCUT2D eigenvalue weighted by molar-refractivity contribution is 7.13. The Morgan fingerprint density at radius 3 is 2.53 bits per heavy atom. The Morgan fingerprint density at radius 2 is 1.91 bits per heavy atom. The predicted octanol–water partition coefficient (Wildman–Crippen LogP) is 3.53. The fraction of sp³-hybridized carbons (Fsp3) is 0.458. The zero-order valence-electron chi connectivity index (χ0n) is 19.6. The van der Waals surface area contributed by atoms with Crippen LogP contribution in [0.3, 0.4) is 0 Å². The Hall–Kier alpha value is -3.27. The Kier molecular flexibility index (Phi) is 6.97. The van der Waals surface area contributed by atoms with Gasteiger partial charge in [-0.15, -0.1) is 21.5 Å². The normalized spacial score (nSPS) is 15.3. The second-order valence-corrected chi connectivity index (χ2v) is 10.5. The van der Waals surface area contributed by atoms with Gasteiger partial charge in [-0.1, -0.05) is 31.0 Å². The van der Waals surface area contributed by atoms with Gasteiger partial charge in [-0.05, 0) is 68.0 Å². The number of hydrogen-bond donors (Lipinski definition) is 2. The Balaban J connectivity index is 1.66. The molecule has 180 valence electrons. The van der Waals surface area contributed by atoms with Crippen molar-refractivity contribution in [1.82, 2.24) is 30.4 Å². The van der Waals surface area contributed by atoms with E-state index in [-0.39, 0.29) is 30.2 Å². The molecule has 2 aromatic heterocycles. The maximum atomic E-state index is 13.7. The van der Waals surface area contributed by atoms with Crippen molar-refractivity contribution in [3.63, 3.8) is 0 Å². The summed E-state index contributed by atoms with van der Waals surface area (Å²) in [6.45, 7) is 5.61. The number of benzene rings is 1. The summed E-state index contributed by atoms with van der Waals surface area (Å²) >= 11 is 1.50. The monoisotopic (exact) mass is 482 g/mol. The van der Waals surface area contributed by atoms with Gasteiger partial charge in [-0.3, -0.25) is 9.59 Å². The highest BCUT2D eigenvalue weighted by atomic mass is 32.1. The number of nitrogens with one attached hydrogen (secondary N) is 1. The number of hydrogen-bond acceptors (Lipinski definition) is 7. The summed E-state index contributed by atoms with van der Waals surface area (Å²) in [4.78, 5) is 31.1. The van der Waals surface area contributed by atoms with Crippen LogP contribution in [0.4, 0.5) is 0 Å². The number of carbonyl (C=O) groups excluding carboxylic acids is 2.